The molecule has 2 aromatic rings. The fourth-order valence-electron chi connectivity index (χ4n) is 1.66. The van der Waals surface area contributed by atoms with Gasteiger partial charge in [-0.15, -0.1) is 0 Å². The van der Waals surface area contributed by atoms with Gasteiger partial charge in [0.2, 0.25) is 0 Å². The molecule has 21 heavy (non-hydrogen) atoms. The summed E-state index contributed by atoms with van der Waals surface area (Å²) in [6, 6.07) is 11.9. The standard InChI is InChI=1S/C15H12Cl2N2O2/c1-21-14-5-3-2-4-12(14)15(20)19-18-9-10-6-7-11(16)8-13(10)17/h2-9H,1H3,(H,19,20)/b18-9-. The molecule has 0 saturated heterocycles. The van der Waals surface area contributed by atoms with E-state index in [9.17, 15) is 4.79 Å². The summed E-state index contributed by atoms with van der Waals surface area (Å²) in [6.07, 6.45) is 1.45. The quantitative estimate of drug-likeness (QED) is 0.688. The van der Waals surface area contributed by atoms with Crippen molar-refractivity contribution in [2.24, 2.45) is 5.10 Å². The highest BCUT2D eigenvalue weighted by molar-refractivity contribution is 6.36. The Labute approximate surface area is 132 Å². The summed E-state index contributed by atoms with van der Waals surface area (Å²) in [5, 5.41) is 4.87. The molecule has 6 heteroatoms. The molecule has 0 aliphatic heterocycles. The molecule has 108 valence electrons. The number of hydrogen-bond acceptors (Lipinski definition) is 3. The van der Waals surface area contributed by atoms with Gasteiger partial charge in [0.05, 0.1) is 23.9 Å². The van der Waals surface area contributed by atoms with Crippen molar-refractivity contribution in [3.8, 4) is 5.75 Å². The van der Waals surface area contributed by atoms with Crippen molar-refractivity contribution in [1.82, 2.24) is 5.43 Å². The second-order valence-corrected chi connectivity index (χ2v) is 4.91. The van der Waals surface area contributed by atoms with Crippen molar-refractivity contribution < 1.29 is 9.53 Å². The van der Waals surface area contributed by atoms with E-state index < -0.39 is 0 Å². The minimum atomic E-state index is -0.367. The highest BCUT2D eigenvalue weighted by Crippen LogP contribution is 2.19. The molecule has 2 rings (SSSR count). The van der Waals surface area contributed by atoms with E-state index in [-0.39, 0.29) is 5.91 Å². The normalized spacial score (nSPS) is 10.6. The third-order valence-electron chi connectivity index (χ3n) is 2.68. The Bertz CT molecular complexity index is 687. The number of hydrogen-bond donors (Lipinski definition) is 1. The van der Waals surface area contributed by atoms with Crippen LogP contribution in [-0.4, -0.2) is 19.2 Å². The fourth-order valence-corrected chi connectivity index (χ4v) is 2.12. The minimum absolute atomic E-state index is 0.367. The van der Waals surface area contributed by atoms with Crippen LogP contribution in [0.15, 0.2) is 47.6 Å². The van der Waals surface area contributed by atoms with Gasteiger partial charge in [-0.3, -0.25) is 4.79 Å². The van der Waals surface area contributed by atoms with Crippen LogP contribution in [0, 0.1) is 0 Å². The van der Waals surface area contributed by atoms with E-state index in [1.54, 1.807) is 42.5 Å². The van der Waals surface area contributed by atoms with Gasteiger partial charge in [-0.1, -0.05) is 41.4 Å². The van der Waals surface area contributed by atoms with Crippen LogP contribution in [0.1, 0.15) is 15.9 Å². The molecule has 4 nitrogen and oxygen atoms in total. The summed E-state index contributed by atoms with van der Waals surface area (Å²) in [5.74, 6) is 0.114. The Morgan fingerprint density at radius 1 is 1.24 bits per heavy atom. The van der Waals surface area contributed by atoms with E-state index in [1.807, 2.05) is 0 Å². The van der Waals surface area contributed by atoms with Gasteiger partial charge in [0.1, 0.15) is 5.75 Å². The number of carbonyl (C=O) groups is 1. The molecule has 2 aromatic carbocycles. The first-order valence-electron chi connectivity index (χ1n) is 6.03. The predicted molar refractivity (Wildman–Crippen MR) is 84.5 cm³/mol. The average Bonchev–Trinajstić information content (AvgIpc) is 2.49. The average molecular weight is 323 g/mol. The molecule has 0 saturated carbocycles. The molecule has 1 N–H and O–H groups in total. The number of amides is 1. The van der Waals surface area contributed by atoms with E-state index in [0.717, 1.165) is 0 Å². The number of methoxy groups -OCH3 is 1. The summed E-state index contributed by atoms with van der Waals surface area (Å²) in [4.78, 5) is 12.0. The Balaban J connectivity index is 2.08. The number of nitrogens with one attached hydrogen (secondary N) is 1. The van der Waals surface area contributed by atoms with Gasteiger partial charge in [0, 0.05) is 10.6 Å². The number of nitrogens with zero attached hydrogens (tertiary/aromatic N) is 1. The van der Waals surface area contributed by atoms with Crippen molar-refractivity contribution in [2.45, 2.75) is 0 Å². The SMILES string of the molecule is COc1ccccc1C(=O)N/N=C\c1ccc(Cl)cc1Cl. The molecule has 0 aliphatic rings. The van der Waals surface area contributed by atoms with Crippen molar-refractivity contribution in [2.75, 3.05) is 7.11 Å². The summed E-state index contributed by atoms with van der Waals surface area (Å²) >= 11 is 11.8. The van der Waals surface area contributed by atoms with E-state index in [4.69, 9.17) is 27.9 Å². The van der Waals surface area contributed by atoms with Gasteiger partial charge in [-0.2, -0.15) is 5.10 Å². The van der Waals surface area contributed by atoms with Crippen molar-refractivity contribution in [3.63, 3.8) is 0 Å². The lowest BCUT2D eigenvalue weighted by molar-refractivity contribution is 0.0952. The van der Waals surface area contributed by atoms with Crippen LogP contribution in [-0.2, 0) is 0 Å². The van der Waals surface area contributed by atoms with Crippen LogP contribution < -0.4 is 10.2 Å². The Morgan fingerprint density at radius 3 is 2.71 bits per heavy atom. The summed E-state index contributed by atoms with van der Waals surface area (Å²) in [7, 11) is 1.50. The smallest absolute Gasteiger partial charge is 0.275 e. The summed E-state index contributed by atoms with van der Waals surface area (Å²) < 4.78 is 5.11. The summed E-state index contributed by atoms with van der Waals surface area (Å²) in [6.45, 7) is 0. The lowest BCUT2D eigenvalue weighted by Gasteiger charge is -2.06. The van der Waals surface area contributed by atoms with Crippen LogP contribution in [0.2, 0.25) is 10.0 Å². The van der Waals surface area contributed by atoms with Crippen molar-refractivity contribution in [1.29, 1.82) is 0 Å². The third kappa shape index (κ3) is 3.97. The molecular formula is C15H12Cl2N2O2. The maximum atomic E-state index is 12.0. The molecule has 0 bridgehead atoms. The highest BCUT2D eigenvalue weighted by atomic mass is 35.5. The zero-order valence-electron chi connectivity index (χ0n) is 11.1. The van der Waals surface area contributed by atoms with E-state index in [0.29, 0.717) is 26.9 Å². The van der Waals surface area contributed by atoms with Crippen LogP contribution in [0.25, 0.3) is 0 Å². The number of para-hydroxylation sites is 1. The van der Waals surface area contributed by atoms with E-state index in [1.165, 1.54) is 13.3 Å². The number of halogens is 2. The molecule has 0 unspecified atom stereocenters. The molecule has 0 spiro atoms. The zero-order chi connectivity index (χ0) is 15.2. The Kier molecular flexibility index (Phi) is 5.20. The maximum absolute atomic E-state index is 12.0. The molecule has 0 heterocycles. The number of rotatable bonds is 4. The fraction of sp³-hybridized carbons (Fsp3) is 0.0667. The third-order valence-corrected chi connectivity index (χ3v) is 3.25. The first-order valence-corrected chi connectivity index (χ1v) is 6.79. The number of ether oxygens (including phenoxy) is 1. The number of carbonyl (C=O) groups excluding carboxylic acids is 1. The highest BCUT2D eigenvalue weighted by Gasteiger charge is 2.10. The van der Waals surface area contributed by atoms with E-state index in [2.05, 4.69) is 10.5 Å². The maximum Gasteiger partial charge on any atom is 0.275 e. The van der Waals surface area contributed by atoms with Crippen LogP contribution >= 0.6 is 23.2 Å². The summed E-state index contributed by atoms with van der Waals surface area (Å²) in [5.41, 5.74) is 3.48. The molecule has 0 fully saturated rings. The molecular weight excluding hydrogens is 311 g/mol. The van der Waals surface area contributed by atoms with Crippen LogP contribution in [0.3, 0.4) is 0 Å². The molecule has 0 aliphatic carbocycles. The van der Waals surface area contributed by atoms with Gasteiger partial charge in [-0.05, 0) is 24.3 Å². The van der Waals surface area contributed by atoms with Gasteiger partial charge >= 0.3 is 0 Å². The van der Waals surface area contributed by atoms with Crippen molar-refractivity contribution >= 4 is 35.3 Å². The second kappa shape index (κ2) is 7.11. The first kappa shape index (κ1) is 15.4. The largest absolute Gasteiger partial charge is 0.496 e. The minimum Gasteiger partial charge on any atom is -0.496 e. The van der Waals surface area contributed by atoms with Crippen molar-refractivity contribution in [3.05, 3.63) is 63.6 Å². The molecule has 0 atom stereocenters. The number of hydrazone groups is 1. The van der Waals surface area contributed by atoms with Gasteiger partial charge < -0.3 is 4.74 Å². The van der Waals surface area contributed by atoms with Gasteiger partial charge in [0.25, 0.3) is 5.91 Å². The lowest BCUT2D eigenvalue weighted by atomic mass is 10.2. The Hall–Kier alpha value is -2.04. The first-order chi connectivity index (χ1) is 10.1. The van der Waals surface area contributed by atoms with Gasteiger partial charge in [0.15, 0.2) is 0 Å². The zero-order valence-corrected chi connectivity index (χ0v) is 12.7. The van der Waals surface area contributed by atoms with E-state index >= 15 is 0 Å². The molecule has 0 radical (unpaired) electrons. The van der Waals surface area contributed by atoms with Crippen LogP contribution in [0.5, 0.6) is 5.75 Å². The Morgan fingerprint density at radius 2 is 2.00 bits per heavy atom. The number of benzene rings is 2. The topological polar surface area (TPSA) is 50.7 Å². The predicted octanol–water partition coefficient (Wildman–Crippen LogP) is 3.77. The molecule has 1 amide bonds. The second-order valence-electron chi connectivity index (χ2n) is 4.07. The van der Waals surface area contributed by atoms with Gasteiger partial charge in [-0.25, -0.2) is 5.43 Å². The molecule has 0 aromatic heterocycles. The monoisotopic (exact) mass is 322 g/mol. The van der Waals surface area contributed by atoms with Crippen LogP contribution in [0.4, 0.5) is 0 Å². The lowest BCUT2D eigenvalue weighted by Crippen LogP contribution is -2.18.